The Morgan fingerprint density at radius 1 is 1.56 bits per heavy atom. The van der Waals surface area contributed by atoms with Gasteiger partial charge in [0, 0.05) is 6.20 Å². The van der Waals surface area contributed by atoms with Gasteiger partial charge in [0.25, 0.3) is 0 Å². The quantitative estimate of drug-likeness (QED) is 0.858. The molecule has 1 aromatic heterocycles. The van der Waals surface area contributed by atoms with Crippen LogP contribution in [0.2, 0.25) is 0 Å². The summed E-state index contributed by atoms with van der Waals surface area (Å²) in [6.45, 7) is 4.42. The first-order chi connectivity index (χ1) is 7.28. The summed E-state index contributed by atoms with van der Waals surface area (Å²) in [6.07, 6.45) is 7.66. The van der Waals surface area contributed by atoms with E-state index in [0.717, 1.165) is 11.3 Å². The van der Waals surface area contributed by atoms with Gasteiger partial charge < -0.3 is 10.1 Å². The van der Waals surface area contributed by atoms with Crippen molar-refractivity contribution in [1.29, 1.82) is 0 Å². The van der Waals surface area contributed by atoms with Gasteiger partial charge in [-0.15, -0.1) is 12.4 Å². The minimum atomic E-state index is 0. The molecule has 0 amide bonds. The summed E-state index contributed by atoms with van der Waals surface area (Å²) in [7, 11) is 1.98. The number of ether oxygens (including phenoxy) is 1. The lowest BCUT2D eigenvalue weighted by molar-refractivity contribution is 0.259. The van der Waals surface area contributed by atoms with Crippen LogP contribution in [0.5, 0.6) is 5.75 Å². The molecule has 0 radical (unpaired) electrons. The van der Waals surface area contributed by atoms with Gasteiger partial charge in [-0.05, 0) is 31.5 Å². The lowest BCUT2D eigenvalue weighted by Crippen LogP contribution is -2.33. The van der Waals surface area contributed by atoms with Crippen LogP contribution >= 0.6 is 12.4 Å². The Bertz CT molecular complexity index is 364. The smallest absolute Gasteiger partial charge is 0.138 e. The van der Waals surface area contributed by atoms with Gasteiger partial charge in [-0.3, -0.25) is 4.98 Å². The van der Waals surface area contributed by atoms with Crippen LogP contribution in [0, 0.1) is 0 Å². The summed E-state index contributed by atoms with van der Waals surface area (Å²) in [5.41, 5.74) is 1.20. The highest BCUT2D eigenvalue weighted by atomic mass is 35.5. The molecule has 0 aromatic carbocycles. The molecule has 88 valence electrons. The summed E-state index contributed by atoms with van der Waals surface area (Å²) in [4.78, 5) is 4.09. The van der Waals surface area contributed by atoms with E-state index in [1.54, 1.807) is 18.5 Å². The largest absolute Gasteiger partial charge is 0.490 e. The van der Waals surface area contributed by atoms with Crippen molar-refractivity contribution in [2.45, 2.75) is 18.4 Å². The second-order valence-corrected chi connectivity index (χ2v) is 3.98. The molecule has 1 aliphatic carbocycles. The van der Waals surface area contributed by atoms with Gasteiger partial charge in [-0.25, -0.2) is 0 Å². The molecular weight excluding hydrogens is 224 g/mol. The Balaban J connectivity index is 0.00000128. The van der Waals surface area contributed by atoms with Crippen molar-refractivity contribution in [3.8, 4) is 5.75 Å². The highest BCUT2D eigenvalue weighted by Gasteiger charge is 2.41. The standard InChI is InChI=1S/C12H16N2O.ClH/c1-3-10-6-11(8-14-7-10)15-9-12(13-2)4-5-12;/h3,6-8,13H,1,4-5,9H2,2H3;1H. The van der Waals surface area contributed by atoms with Gasteiger partial charge in [0.1, 0.15) is 12.4 Å². The first kappa shape index (κ1) is 13.0. The molecule has 1 N–H and O–H groups in total. The van der Waals surface area contributed by atoms with E-state index in [1.807, 2.05) is 13.1 Å². The Hall–Kier alpha value is -1.06. The van der Waals surface area contributed by atoms with Crippen LogP contribution < -0.4 is 10.1 Å². The van der Waals surface area contributed by atoms with Gasteiger partial charge in [0.2, 0.25) is 0 Å². The number of pyridine rings is 1. The summed E-state index contributed by atoms with van der Waals surface area (Å²) in [5, 5.41) is 3.29. The van der Waals surface area contributed by atoms with Gasteiger partial charge in [-0.2, -0.15) is 0 Å². The number of hydrogen-bond acceptors (Lipinski definition) is 3. The number of aromatic nitrogens is 1. The summed E-state index contributed by atoms with van der Waals surface area (Å²) < 4.78 is 5.69. The molecule has 3 nitrogen and oxygen atoms in total. The number of nitrogens with one attached hydrogen (secondary N) is 1. The normalized spacial score (nSPS) is 16.1. The highest BCUT2D eigenvalue weighted by molar-refractivity contribution is 5.85. The molecule has 2 rings (SSSR count). The van der Waals surface area contributed by atoms with Crippen LogP contribution in [0.15, 0.2) is 25.0 Å². The molecule has 0 bridgehead atoms. The van der Waals surface area contributed by atoms with Gasteiger partial charge in [0.05, 0.1) is 11.7 Å². The number of likely N-dealkylation sites (N-methyl/N-ethyl adjacent to an activating group) is 1. The third-order valence-electron chi connectivity index (χ3n) is 2.87. The van der Waals surface area contributed by atoms with E-state index in [2.05, 4.69) is 16.9 Å². The maximum atomic E-state index is 5.69. The van der Waals surface area contributed by atoms with Crippen molar-refractivity contribution in [2.24, 2.45) is 0 Å². The molecule has 0 unspecified atom stereocenters. The van der Waals surface area contributed by atoms with Crippen molar-refractivity contribution in [3.05, 3.63) is 30.6 Å². The average Bonchev–Trinajstić information content (AvgIpc) is 3.07. The highest BCUT2D eigenvalue weighted by Crippen LogP contribution is 2.35. The van der Waals surface area contributed by atoms with Crippen molar-refractivity contribution in [2.75, 3.05) is 13.7 Å². The monoisotopic (exact) mass is 240 g/mol. The predicted octanol–water partition coefficient (Wildman–Crippen LogP) is 2.28. The van der Waals surface area contributed by atoms with Crippen molar-refractivity contribution >= 4 is 18.5 Å². The summed E-state index contributed by atoms with van der Waals surface area (Å²) in [5.74, 6) is 0.814. The molecule has 0 aliphatic heterocycles. The molecule has 1 saturated carbocycles. The van der Waals surface area contributed by atoms with Gasteiger partial charge >= 0.3 is 0 Å². The first-order valence-corrected chi connectivity index (χ1v) is 5.17. The van der Waals surface area contributed by atoms with E-state index in [0.29, 0.717) is 6.61 Å². The molecule has 1 aliphatic rings. The van der Waals surface area contributed by atoms with Crippen molar-refractivity contribution < 1.29 is 4.74 Å². The number of halogens is 1. The summed E-state index contributed by atoms with van der Waals surface area (Å²) in [6, 6.07) is 1.95. The summed E-state index contributed by atoms with van der Waals surface area (Å²) >= 11 is 0. The Morgan fingerprint density at radius 3 is 2.88 bits per heavy atom. The van der Waals surface area contributed by atoms with Crippen LogP contribution in [-0.2, 0) is 0 Å². The van der Waals surface area contributed by atoms with E-state index in [4.69, 9.17) is 4.74 Å². The number of nitrogens with zero attached hydrogens (tertiary/aromatic N) is 1. The SMILES string of the molecule is C=Cc1cncc(OCC2(NC)CC2)c1.Cl. The van der Waals surface area contributed by atoms with Crippen molar-refractivity contribution in [3.63, 3.8) is 0 Å². The second-order valence-electron chi connectivity index (χ2n) is 3.98. The minimum Gasteiger partial charge on any atom is -0.490 e. The molecule has 1 aromatic rings. The van der Waals surface area contributed by atoms with E-state index < -0.39 is 0 Å². The van der Waals surface area contributed by atoms with E-state index >= 15 is 0 Å². The number of rotatable bonds is 5. The van der Waals surface area contributed by atoms with Crippen LogP contribution in [0.3, 0.4) is 0 Å². The molecule has 1 heterocycles. The minimum absolute atomic E-state index is 0. The molecule has 0 saturated heterocycles. The fraction of sp³-hybridized carbons (Fsp3) is 0.417. The zero-order chi connectivity index (χ0) is 10.7. The second kappa shape index (κ2) is 5.32. The fourth-order valence-electron chi connectivity index (χ4n) is 1.47. The molecule has 16 heavy (non-hydrogen) atoms. The molecule has 1 fully saturated rings. The third-order valence-corrected chi connectivity index (χ3v) is 2.87. The zero-order valence-electron chi connectivity index (χ0n) is 9.40. The van der Waals surface area contributed by atoms with E-state index in [1.165, 1.54) is 12.8 Å². The molecule has 4 heteroatoms. The predicted molar refractivity (Wildman–Crippen MR) is 68.1 cm³/mol. The van der Waals surface area contributed by atoms with Gasteiger partial charge in [-0.1, -0.05) is 12.7 Å². The van der Waals surface area contributed by atoms with Crippen molar-refractivity contribution in [1.82, 2.24) is 10.3 Å². The maximum Gasteiger partial charge on any atom is 0.138 e. The lowest BCUT2D eigenvalue weighted by atomic mass is 10.2. The molecular formula is C12H17ClN2O. The zero-order valence-corrected chi connectivity index (χ0v) is 10.2. The topological polar surface area (TPSA) is 34.1 Å². The maximum absolute atomic E-state index is 5.69. The van der Waals surface area contributed by atoms with E-state index in [-0.39, 0.29) is 17.9 Å². The average molecular weight is 241 g/mol. The van der Waals surface area contributed by atoms with Gasteiger partial charge in [0.15, 0.2) is 0 Å². The lowest BCUT2D eigenvalue weighted by Gasteiger charge is -2.15. The molecule has 0 spiro atoms. The Kier molecular flexibility index (Phi) is 4.33. The third kappa shape index (κ3) is 2.97. The Labute approximate surface area is 102 Å². The van der Waals surface area contributed by atoms with Crippen LogP contribution in [0.1, 0.15) is 18.4 Å². The Morgan fingerprint density at radius 2 is 2.31 bits per heavy atom. The van der Waals surface area contributed by atoms with E-state index in [9.17, 15) is 0 Å². The molecule has 0 atom stereocenters. The van der Waals surface area contributed by atoms with Crippen LogP contribution in [-0.4, -0.2) is 24.2 Å². The fourth-order valence-corrected chi connectivity index (χ4v) is 1.47. The van der Waals surface area contributed by atoms with Crippen LogP contribution in [0.25, 0.3) is 6.08 Å². The van der Waals surface area contributed by atoms with Crippen LogP contribution in [0.4, 0.5) is 0 Å². The first-order valence-electron chi connectivity index (χ1n) is 5.17. The number of hydrogen-bond donors (Lipinski definition) is 1.